The molecule has 0 aromatic carbocycles. The maximum Gasteiger partial charge on any atom is 0.425 e. The van der Waals surface area contributed by atoms with E-state index in [-0.39, 0.29) is 0 Å². The Balaban J connectivity index is -0.000000286. The third kappa shape index (κ3) is 20.4. The second-order valence-corrected chi connectivity index (χ2v) is 3.92. The molecule has 1 N–H and O–H groups in total. The van der Waals surface area contributed by atoms with Crippen molar-refractivity contribution in [2.45, 2.75) is 38.4 Å². The van der Waals surface area contributed by atoms with E-state index in [2.05, 4.69) is 17.9 Å². The zero-order valence-corrected chi connectivity index (χ0v) is 12.8. The highest BCUT2D eigenvalue weighted by Gasteiger charge is 2.38. The van der Waals surface area contributed by atoms with E-state index in [1.54, 1.807) is 0 Å². The van der Waals surface area contributed by atoms with Gasteiger partial charge in [-0.3, -0.25) is 4.79 Å². The summed E-state index contributed by atoms with van der Waals surface area (Å²) in [4.78, 5) is 19.7. The number of allylic oxidation sites excluding steroid dienone is 1. The van der Waals surface area contributed by atoms with Crippen molar-refractivity contribution in [1.82, 2.24) is 0 Å². The summed E-state index contributed by atoms with van der Waals surface area (Å²) in [7, 11) is 0. The molecule has 0 aliphatic heterocycles. The molecular formula is C12H15ClF6O4. The minimum absolute atomic E-state index is 0.509. The Morgan fingerprint density at radius 2 is 1.35 bits per heavy atom. The van der Waals surface area contributed by atoms with Crippen LogP contribution in [0.25, 0.3) is 0 Å². The number of hydrogen-bond donors (Lipinski definition) is 1. The Labute approximate surface area is 133 Å². The van der Waals surface area contributed by atoms with Gasteiger partial charge in [-0.05, 0) is 31.5 Å². The standard InChI is InChI=1S/C6H7F3O2.C3H3ClO.C3H5F3O/c1-3-5(10)11-4(2)6(7,8)9;1-2-3(4)5;1-2(7)3(4,5)6/h3-4H,1H2,2H3;2H,1H2;2,7H,1H3. The van der Waals surface area contributed by atoms with E-state index < -0.39 is 35.8 Å². The lowest BCUT2D eigenvalue weighted by molar-refractivity contribution is -0.213. The SMILES string of the molecule is C=CC(=O)Cl.C=CC(=O)OC(C)C(F)(F)F.CC(O)C(F)(F)F. The molecule has 0 aromatic heterocycles. The van der Waals surface area contributed by atoms with Crippen molar-refractivity contribution in [3.05, 3.63) is 25.3 Å². The summed E-state index contributed by atoms with van der Waals surface area (Å²) in [6.07, 6.45) is -11.5. The highest BCUT2D eigenvalue weighted by molar-refractivity contribution is 6.66. The van der Waals surface area contributed by atoms with Gasteiger partial charge in [0, 0.05) is 6.08 Å². The number of halogens is 7. The highest BCUT2D eigenvalue weighted by Crippen LogP contribution is 2.22. The summed E-state index contributed by atoms with van der Waals surface area (Å²) in [6, 6.07) is 0. The van der Waals surface area contributed by atoms with E-state index in [9.17, 15) is 35.9 Å². The van der Waals surface area contributed by atoms with Crippen molar-refractivity contribution >= 4 is 22.8 Å². The smallest absolute Gasteiger partial charge is 0.425 e. The minimum Gasteiger partial charge on any atom is -0.450 e. The number of aliphatic hydroxyl groups excluding tert-OH is 1. The Hall–Kier alpha value is -1.55. The fraction of sp³-hybridized carbons (Fsp3) is 0.500. The van der Waals surface area contributed by atoms with Crippen LogP contribution in [0.5, 0.6) is 0 Å². The van der Waals surface area contributed by atoms with Gasteiger partial charge in [0.1, 0.15) is 6.10 Å². The normalized spacial score (nSPS) is 13.1. The molecule has 0 radical (unpaired) electrons. The van der Waals surface area contributed by atoms with Crippen LogP contribution in [0, 0.1) is 0 Å². The second-order valence-electron chi connectivity index (χ2n) is 3.55. The van der Waals surface area contributed by atoms with Crippen LogP contribution in [0.4, 0.5) is 26.3 Å². The Morgan fingerprint density at radius 3 is 1.48 bits per heavy atom. The third-order valence-electron chi connectivity index (χ3n) is 1.55. The van der Waals surface area contributed by atoms with Crippen molar-refractivity contribution in [2.24, 2.45) is 0 Å². The Bertz CT molecular complexity index is 390. The quantitative estimate of drug-likeness (QED) is 0.356. The van der Waals surface area contributed by atoms with Gasteiger partial charge < -0.3 is 9.84 Å². The van der Waals surface area contributed by atoms with Gasteiger partial charge in [0.15, 0.2) is 6.10 Å². The van der Waals surface area contributed by atoms with E-state index in [0.717, 1.165) is 13.0 Å². The first-order valence-corrected chi connectivity index (χ1v) is 5.93. The van der Waals surface area contributed by atoms with Gasteiger partial charge in [0.05, 0.1) is 0 Å². The van der Waals surface area contributed by atoms with Gasteiger partial charge in [-0.15, -0.1) is 0 Å². The van der Waals surface area contributed by atoms with E-state index in [1.165, 1.54) is 0 Å². The molecule has 0 fully saturated rings. The van der Waals surface area contributed by atoms with Crippen molar-refractivity contribution in [3.63, 3.8) is 0 Å². The van der Waals surface area contributed by atoms with Crippen LogP contribution in [0.3, 0.4) is 0 Å². The van der Waals surface area contributed by atoms with Crippen LogP contribution in [0.2, 0.25) is 0 Å². The lowest BCUT2D eigenvalue weighted by Crippen LogP contribution is -2.30. The molecule has 11 heteroatoms. The van der Waals surface area contributed by atoms with Gasteiger partial charge >= 0.3 is 18.3 Å². The molecular weight excluding hydrogens is 358 g/mol. The first-order chi connectivity index (χ1) is 10.1. The zero-order valence-electron chi connectivity index (χ0n) is 12.0. The predicted octanol–water partition coefficient (Wildman–Crippen LogP) is 3.53. The molecule has 0 aliphatic rings. The fourth-order valence-electron chi connectivity index (χ4n) is 0.289. The number of ether oxygens (including phenoxy) is 1. The molecule has 0 aliphatic carbocycles. The topological polar surface area (TPSA) is 63.6 Å². The minimum atomic E-state index is -4.50. The van der Waals surface area contributed by atoms with Crippen molar-refractivity contribution in [1.29, 1.82) is 0 Å². The number of esters is 1. The maximum absolute atomic E-state index is 11.6. The van der Waals surface area contributed by atoms with Gasteiger partial charge in [-0.1, -0.05) is 13.2 Å². The number of alkyl halides is 6. The van der Waals surface area contributed by atoms with E-state index in [1.807, 2.05) is 0 Å². The number of carbonyl (C=O) groups is 2. The van der Waals surface area contributed by atoms with E-state index >= 15 is 0 Å². The molecule has 0 bridgehead atoms. The van der Waals surface area contributed by atoms with Gasteiger partial charge in [0.2, 0.25) is 5.24 Å². The molecule has 0 heterocycles. The van der Waals surface area contributed by atoms with Gasteiger partial charge in [-0.25, -0.2) is 4.79 Å². The second kappa shape index (κ2) is 11.9. The van der Waals surface area contributed by atoms with E-state index in [0.29, 0.717) is 13.0 Å². The van der Waals surface area contributed by atoms with Crippen LogP contribution in [-0.4, -0.2) is 40.9 Å². The molecule has 0 saturated heterocycles. The molecule has 0 aromatic rings. The number of carbonyl (C=O) groups excluding carboxylic acids is 2. The maximum atomic E-state index is 11.6. The fourth-order valence-corrected chi connectivity index (χ4v) is 0.289. The summed E-state index contributed by atoms with van der Waals surface area (Å²) in [5.41, 5.74) is 0. The first kappa shape index (κ1) is 26.4. The molecule has 2 unspecified atom stereocenters. The molecule has 2 atom stereocenters. The lowest BCUT2D eigenvalue weighted by Gasteiger charge is -2.14. The summed E-state index contributed by atoms with van der Waals surface area (Å²) in [5, 5.41) is 7.25. The molecule has 0 amide bonds. The molecule has 23 heavy (non-hydrogen) atoms. The predicted molar refractivity (Wildman–Crippen MR) is 70.6 cm³/mol. The highest BCUT2D eigenvalue weighted by atomic mass is 35.5. The molecule has 0 spiro atoms. The van der Waals surface area contributed by atoms with Crippen molar-refractivity contribution in [2.75, 3.05) is 0 Å². The Morgan fingerprint density at radius 1 is 1.04 bits per heavy atom. The molecule has 0 rings (SSSR count). The van der Waals surface area contributed by atoms with Crippen LogP contribution in [0.1, 0.15) is 13.8 Å². The lowest BCUT2D eigenvalue weighted by atomic mass is 10.4. The molecule has 136 valence electrons. The largest absolute Gasteiger partial charge is 0.450 e. The number of hydrogen-bond acceptors (Lipinski definition) is 4. The van der Waals surface area contributed by atoms with Crippen LogP contribution in [-0.2, 0) is 14.3 Å². The van der Waals surface area contributed by atoms with Crippen molar-refractivity contribution < 1.29 is 45.8 Å². The monoisotopic (exact) mass is 372 g/mol. The summed E-state index contributed by atoms with van der Waals surface area (Å²) >= 11 is 4.71. The summed E-state index contributed by atoms with van der Waals surface area (Å²) in [5.74, 6) is -1.07. The van der Waals surface area contributed by atoms with Crippen LogP contribution < -0.4 is 0 Å². The van der Waals surface area contributed by atoms with Crippen LogP contribution in [0.15, 0.2) is 25.3 Å². The number of rotatable bonds is 3. The molecule has 4 nitrogen and oxygen atoms in total. The zero-order chi connectivity index (χ0) is 19.4. The third-order valence-corrected chi connectivity index (χ3v) is 1.71. The Kier molecular flexibility index (Phi) is 13.7. The van der Waals surface area contributed by atoms with Crippen LogP contribution >= 0.6 is 11.6 Å². The van der Waals surface area contributed by atoms with Crippen molar-refractivity contribution in [3.8, 4) is 0 Å². The van der Waals surface area contributed by atoms with E-state index in [4.69, 9.17) is 16.7 Å². The summed E-state index contributed by atoms with van der Waals surface area (Å²) < 4.78 is 71.6. The first-order valence-electron chi connectivity index (χ1n) is 5.56. The average Bonchev–Trinajstić information content (AvgIpc) is 2.37. The van der Waals surface area contributed by atoms with Gasteiger partial charge in [0.25, 0.3) is 0 Å². The molecule has 0 saturated carbocycles. The number of aliphatic hydroxyl groups is 1. The summed E-state index contributed by atoms with van der Waals surface area (Å²) in [6.45, 7) is 7.46. The average molecular weight is 373 g/mol. The van der Waals surface area contributed by atoms with Gasteiger partial charge in [-0.2, -0.15) is 26.3 Å².